The first-order valence-electron chi connectivity index (χ1n) is 10.1. The van der Waals surface area contributed by atoms with Crippen molar-refractivity contribution in [2.45, 2.75) is 25.3 Å². The molecule has 0 spiro atoms. The van der Waals surface area contributed by atoms with Gasteiger partial charge in [-0.3, -0.25) is 0 Å². The fourth-order valence-corrected chi connectivity index (χ4v) is 4.43. The lowest BCUT2D eigenvalue weighted by Gasteiger charge is -2.26. The lowest BCUT2D eigenvalue weighted by molar-refractivity contribution is 0.150. The van der Waals surface area contributed by atoms with Gasteiger partial charge >= 0.3 is 6.09 Å². The quantitative estimate of drug-likeness (QED) is 0.711. The average molecular weight is 407 g/mol. The van der Waals surface area contributed by atoms with Crippen LogP contribution >= 0.6 is 0 Å². The molecular weight excluding hydrogens is 385 g/mol. The molecule has 1 aromatic carbocycles. The zero-order valence-electron chi connectivity index (χ0n) is 16.4. The van der Waals surface area contributed by atoms with Crippen molar-refractivity contribution in [3.8, 4) is 0 Å². The number of fused-ring (bicyclic) bond motifs is 1. The highest BCUT2D eigenvalue weighted by Gasteiger charge is 2.28. The molecule has 8 heteroatoms. The SMILES string of the molecule is O=C(O)N1CCC=C(c2cnc3ccc(N4CCC[C@@H]4c4cccc(F)c4)nn23)C1. The zero-order valence-corrected chi connectivity index (χ0v) is 16.4. The summed E-state index contributed by atoms with van der Waals surface area (Å²) in [7, 11) is 0. The van der Waals surface area contributed by atoms with Crippen LogP contribution in [0.5, 0.6) is 0 Å². The van der Waals surface area contributed by atoms with E-state index < -0.39 is 6.09 Å². The van der Waals surface area contributed by atoms with Crippen LogP contribution in [-0.4, -0.2) is 50.3 Å². The molecule has 1 amide bonds. The first-order chi connectivity index (χ1) is 14.6. The molecule has 2 aliphatic rings. The number of halogens is 1. The van der Waals surface area contributed by atoms with Crippen LogP contribution in [0.4, 0.5) is 15.0 Å². The van der Waals surface area contributed by atoms with Crippen molar-refractivity contribution in [1.82, 2.24) is 19.5 Å². The van der Waals surface area contributed by atoms with Crippen LogP contribution < -0.4 is 4.90 Å². The maximum absolute atomic E-state index is 13.8. The Morgan fingerprint density at radius 3 is 2.93 bits per heavy atom. The predicted octanol–water partition coefficient (Wildman–Crippen LogP) is 3.98. The second-order valence-electron chi connectivity index (χ2n) is 7.73. The van der Waals surface area contributed by atoms with Crippen LogP contribution in [0, 0.1) is 5.82 Å². The smallest absolute Gasteiger partial charge is 0.407 e. The Bertz CT molecular complexity index is 1140. The fourth-order valence-electron chi connectivity index (χ4n) is 4.43. The van der Waals surface area contributed by atoms with E-state index in [1.54, 1.807) is 22.8 Å². The van der Waals surface area contributed by atoms with E-state index in [4.69, 9.17) is 5.10 Å². The van der Waals surface area contributed by atoms with Crippen molar-refractivity contribution in [2.75, 3.05) is 24.5 Å². The van der Waals surface area contributed by atoms with Gasteiger partial charge in [0.2, 0.25) is 0 Å². The minimum Gasteiger partial charge on any atom is -0.465 e. The largest absolute Gasteiger partial charge is 0.465 e. The molecule has 2 aliphatic heterocycles. The van der Waals surface area contributed by atoms with Crippen molar-refractivity contribution < 1.29 is 14.3 Å². The summed E-state index contributed by atoms with van der Waals surface area (Å²) in [5.41, 5.74) is 3.37. The van der Waals surface area contributed by atoms with Gasteiger partial charge in [-0.25, -0.2) is 18.7 Å². The third-order valence-corrected chi connectivity index (χ3v) is 5.88. The van der Waals surface area contributed by atoms with E-state index in [1.165, 1.54) is 11.0 Å². The minimum atomic E-state index is -0.918. The number of nitrogens with zero attached hydrogens (tertiary/aromatic N) is 5. The lowest BCUT2D eigenvalue weighted by atomic mass is 10.0. The van der Waals surface area contributed by atoms with Crippen LogP contribution in [0.15, 0.2) is 48.7 Å². The molecule has 4 heterocycles. The Morgan fingerprint density at radius 2 is 2.10 bits per heavy atom. The summed E-state index contributed by atoms with van der Waals surface area (Å²) in [5.74, 6) is 0.576. The number of rotatable bonds is 3. The highest BCUT2D eigenvalue weighted by molar-refractivity contribution is 5.73. The predicted molar refractivity (Wildman–Crippen MR) is 111 cm³/mol. The Hall–Kier alpha value is -3.42. The normalized spacial score (nSPS) is 19.4. The third kappa shape index (κ3) is 3.28. The molecule has 1 saturated heterocycles. The van der Waals surface area contributed by atoms with Gasteiger partial charge in [-0.05, 0) is 54.7 Å². The Balaban J connectivity index is 1.50. The second-order valence-corrected chi connectivity index (χ2v) is 7.73. The number of imidazole rings is 1. The lowest BCUT2D eigenvalue weighted by Crippen LogP contribution is -2.34. The number of anilines is 1. The van der Waals surface area contributed by atoms with Crippen molar-refractivity contribution in [3.05, 3.63) is 65.7 Å². The van der Waals surface area contributed by atoms with Gasteiger partial charge in [-0.15, -0.1) is 5.10 Å². The summed E-state index contributed by atoms with van der Waals surface area (Å²) in [4.78, 5) is 19.4. The van der Waals surface area contributed by atoms with Crippen molar-refractivity contribution in [1.29, 1.82) is 0 Å². The molecule has 0 unspecified atom stereocenters. The standard InChI is InChI=1S/C22H22FN5O2/c23-17-6-1-4-15(12-17)18-7-3-11-27(18)21-9-8-20-24-13-19(28(20)25-21)16-5-2-10-26(14-16)22(29)30/h1,4-6,8-9,12-13,18H,2-3,7,10-11,14H2,(H,29,30)/t18-/m1/s1. The summed E-state index contributed by atoms with van der Waals surface area (Å²) in [6.07, 6.45) is 5.51. The summed E-state index contributed by atoms with van der Waals surface area (Å²) in [5, 5.41) is 14.2. The Labute approximate surface area is 173 Å². The molecule has 0 saturated carbocycles. The molecule has 1 atom stereocenters. The molecule has 5 rings (SSSR count). The molecule has 30 heavy (non-hydrogen) atoms. The maximum Gasteiger partial charge on any atom is 0.407 e. The van der Waals surface area contributed by atoms with Gasteiger partial charge in [0.1, 0.15) is 11.6 Å². The summed E-state index contributed by atoms with van der Waals surface area (Å²) in [6.45, 7) is 1.67. The van der Waals surface area contributed by atoms with Gasteiger partial charge in [0.25, 0.3) is 0 Å². The number of carbonyl (C=O) groups is 1. The monoisotopic (exact) mass is 407 g/mol. The van der Waals surface area contributed by atoms with E-state index in [-0.39, 0.29) is 11.9 Å². The molecule has 0 aliphatic carbocycles. The first kappa shape index (κ1) is 18.6. The fraction of sp³-hybridized carbons (Fsp3) is 0.318. The van der Waals surface area contributed by atoms with Gasteiger partial charge in [-0.2, -0.15) is 0 Å². The molecule has 1 N–H and O–H groups in total. The molecule has 0 radical (unpaired) electrons. The van der Waals surface area contributed by atoms with Crippen LogP contribution in [0.2, 0.25) is 0 Å². The maximum atomic E-state index is 13.8. The summed E-state index contributed by atoms with van der Waals surface area (Å²) < 4.78 is 15.6. The minimum absolute atomic E-state index is 0.0778. The number of aromatic nitrogens is 3. The summed E-state index contributed by atoms with van der Waals surface area (Å²) >= 11 is 0. The van der Waals surface area contributed by atoms with Crippen molar-refractivity contribution in [3.63, 3.8) is 0 Å². The van der Waals surface area contributed by atoms with Gasteiger partial charge in [0.05, 0.1) is 24.5 Å². The number of hydrogen-bond acceptors (Lipinski definition) is 4. The van der Waals surface area contributed by atoms with E-state index in [9.17, 15) is 14.3 Å². The van der Waals surface area contributed by atoms with E-state index in [0.717, 1.165) is 42.0 Å². The van der Waals surface area contributed by atoms with E-state index >= 15 is 0 Å². The highest BCUT2D eigenvalue weighted by atomic mass is 19.1. The number of benzene rings is 1. The third-order valence-electron chi connectivity index (χ3n) is 5.88. The number of carboxylic acid groups (broad SMARTS) is 1. The van der Waals surface area contributed by atoms with Gasteiger partial charge < -0.3 is 14.9 Å². The Kier molecular flexibility index (Phi) is 4.61. The average Bonchev–Trinajstić information content (AvgIpc) is 3.40. The van der Waals surface area contributed by atoms with E-state index in [2.05, 4.69) is 16.0 Å². The number of hydrogen-bond donors (Lipinski definition) is 1. The molecule has 154 valence electrons. The topological polar surface area (TPSA) is 74.0 Å². The first-order valence-corrected chi connectivity index (χ1v) is 10.1. The van der Waals surface area contributed by atoms with Gasteiger partial charge in [0.15, 0.2) is 5.65 Å². The second kappa shape index (κ2) is 7.44. The molecule has 1 fully saturated rings. The molecule has 7 nitrogen and oxygen atoms in total. The van der Waals surface area contributed by atoms with Crippen LogP contribution in [0.3, 0.4) is 0 Å². The van der Waals surface area contributed by atoms with Gasteiger partial charge in [0, 0.05) is 13.1 Å². The number of amides is 1. The molecular formula is C22H22FN5O2. The summed E-state index contributed by atoms with van der Waals surface area (Å²) in [6, 6.07) is 10.7. The highest BCUT2D eigenvalue weighted by Crippen LogP contribution is 2.35. The van der Waals surface area contributed by atoms with Crippen LogP contribution in [0.1, 0.15) is 36.6 Å². The molecule has 3 aromatic rings. The van der Waals surface area contributed by atoms with Crippen LogP contribution in [0.25, 0.3) is 11.2 Å². The van der Waals surface area contributed by atoms with E-state index in [0.29, 0.717) is 25.2 Å². The van der Waals surface area contributed by atoms with Crippen molar-refractivity contribution in [2.24, 2.45) is 0 Å². The van der Waals surface area contributed by atoms with Crippen molar-refractivity contribution >= 4 is 23.1 Å². The zero-order chi connectivity index (χ0) is 20.7. The Morgan fingerprint density at radius 1 is 1.20 bits per heavy atom. The molecule has 0 bridgehead atoms. The van der Waals surface area contributed by atoms with E-state index in [1.807, 2.05) is 18.2 Å². The van der Waals surface area contributed by atoms with Crippen LogP contribution in [-0.2, 0) is 0 Å². The van der Waals surface area contributed by atoms with Gasteiger partial charge in [-0.1, -0.05) is 18.2 Å². The molecule has 2 aromatic heterocycles.